The van der Waals surface area contributed by atoms with Gasteiger partial charge in [-0.05, 0) is 61.3 Å². The van der Waals surface area contributed by atoms with E-state index in [1.54, 1.807) is 6.92 Å². The summed E-state index contributed by atoms with van der Waals surface area (Å²) in [6.45, 7) is 2.30. The number of rotatable bonds is 6. The zero-order valence-corrected chi connectivity index (χ0v) is 13.7. The first-order valence-corrected chi connectivity index (χ1v) is 8.47. The summed E-state index contributed by atoms with van der Waals surface area (Å²) in [4.78, 5) is 11.3. The molecule has 2 heteroatoms. The van der Waals surface area contributed by atoms with Crippen LogP contribution in [0.1, 0.15) is 49.7 Å². The summed E-state index contributed by atoms with van der Waals surface area (Å²) in [6.07, 6.45) is 4.26. The molecule has 2 nitrogen and oxygen atoms in total. The number of ketones is 1. The molecule has 1 aliphatic rings. The van der Waals surface area contributed by atoms with Crippen LogP contribution in [0.3, 0.4) is 0 Å². The van der Waals surface area contributed by atoms with Gasteiger partial charge in [-0.3, -0.25) is 0 Å². The molecule has 2 unspecified atom stereocenters. The Balaban J connectivity index is 1.54. The van der Waals surface area contributed by atoms with E-state index in [1.165, 1.54) is 24.0 Å². The molecule has 3 rings (SSSR count). The van der Waals surface area contributed by atoms with E-state index in [0.717, 1.165) is 18.6 Å². The molecule has 0 bridgehead atoms. The smallest absolute Gasteiger partial charge is 0.130 e. The molecule has 1 fully saturated rings. The van der Waals surface area contributed by atoms with E-state index in [2.05, 4.69) is 36.4 Å². The molecule has 120 valence electrons. The highest BCUT2D eigenvalue weighted by molar-refractivity contribution is 5.75. The predicted molar refractivity (Wildman–Crippen MR) is 92.6 cm³/mol. The molecular weight excluding hydrogens is 284 g/mol. The van der Waals surface area contributed by atoms with Crippen molar-refractivity contribution in [3.05, 3.63) is 65.7 Å². The van der Waals surface area contributed by atoms with Gasteiger partial charge in [-0.15, -0.1) is 0 Å². The van der Waals surface area contributed by atoms with Crippen LogP contribution in [0.2, 0.25) is 0 Å². The Morgan fingerprint density at radius 1 is 1.04 bits per heavy atom. The van der Waals surface area contributed by atoms with Crippen molar-refractivity contribution < 1.29 is 9.53 Å². The normalized spacial score (nSPS) is 20.4. The first kappa shape index (κ1) is 15.8. The molecule has 0 spiro atoms. The first-order valence-electron chi connectivity index (χ1n) is 8.47. The zero-order valence-electron chi connectivity index (χ0n) is 13.7. The molecule has 1 saturated carbocycles. The SMILES string of the molecule is CC(=O)CC1CCC(c2ccc(OCc3ccccc3)cc2)C1. The van der Waals surface area contributed by atoms with Crippen LogP contribution in [0.15, 0.2) is 54.6 Å². The third kappa shape index (κ3) is 4.44. The van der Waals surface area contributed by atoms with Crippen LogP contribution in [-0.4, -0.2) is 5.78 Å². The maximum atomic E-state index is 11.3. The molecule has 0 N–H and O–H groups in total. The topological polar surface area (TPSA) is 26.3 Å². The number of benzene rings is 2. The highest BCUT2D eigenvalue weighted by Gasteiger charge is 2.26. The lowest BCUT2D eigenvalue weighted by Gasteiger charge is -2.12. The maximum absolute atomic E-state index is 11.3. The molecule has 0 amide bonds. The van der Waals surface area contributed by atoms with Gasteiger partial charge in [-0.2, -0.15) is 0 Å². The first-order chi connectivity index (χ1) is 11.2. The fourth-order valence-corrected chi connectivity index (χ4v) is 3.55. The van der Waals surface area contributed by atoms with Gasteiger partial charge in [0.25, 0.3) is 0 Å². The molecule has 0 heterocycles. The zero-order chi connectivity index (χ0) is 16.1. The minimum Gasteiger partial charge on any atom is -0.489 e. The van der Waals surface area contributed by atoms with Gasteiger partial charge in [-0.1, -0.05) is 42.5 Å². The van der Waals surface area contributed by atoms with Gasteiger partial charge in [0.2, 0.25) is 0 Å². The van der Waals surface area contributed by atoms with E-state index in [9.17, 15) is 4.79 Å². The second-order valence-electron chi connectivity index (χ2n) is 6.63. The molecule has 0 aromatic heterocycles. The Bertz CT molecular complexity index is 631. The van der Waals surface area contributed by atoms with Crippen molar-refractivity contribution in [3.8, 4) is 5.75 Å². The Kier molecular flexibility index (Phi) is 5.12. The fraction of sp³-hybridized carbons (Fsp3) is 0.381. The van der Waals surface area contributed by atoms with Gasteiger partial charge < -0.3 is 9.53 Å². The molecule has 0 aliphatic heterocycles. The number of hydrogen-bond donors (Lipinski definition) is 0. The molecule has 23 heavy (non-hydrogen) atoms. The van der Waals surface area contributed by atoms with Gasteiger partial charge in [0, 0.05) is 6.42 Å². The Labute approximate surface area is 138 Å². The largest absolute Gasteiger partial charge is 0.489 e. The molecule has 2 aromatic carbocycles. The van der Waals surface area contributed by atoms with Crippen LogP contribution in [0, 0.1) is 5.92 Å². The van der Waals surface area contributed by atoms with Crippen LogP contribution in [0.4, 0.5) is 0 Å². The summed E-state index contributed by atoms with van der Waals surface area (Å²) in [5, 5.41) is 0. The van der Waals surface area contributed by atoms with Crippen molar-refractivity contribution in [3.63, 3.8) is 0 Å². The van der Waals surface area contributed by atoms with Crippen molar-refractivity contribution in [2.45, 2.75) is 45.1 Å². The molecule has 0 saturated heterocycles. The van der Waals surface area contributed by atoms with Gasteiger partial charge in [0.15, 0.2) is 0 Å². The molecule has 1 aliphatic carbocycles. The third-order valence-corrected chi connectivity index (χ3v) is 4.72. The van der Waals surface area contributed by atoms with E-state index < -0.39 is 0 Å². The van der Waals surface area contributed by atoms with E-state index >= 15 is 0 Å². The van der Waals surface area contributed by atoms with E-state index in [4.69, 9.17) is 4.74 Å². The second kappa shape index (κ2) is 7.45. The second-order valence-corrected chi connectivity index (χ2v) is 6.63. The van der Waals surface area contributed by atoms with E-state index in [1.807, 2.05) is 18.2 Å². The molecular formula is C21H24O2. The van der Waals surface area contributed by atoms with E-state index in [0.29, 0.717) is 24.2 Å². The number of hydrogen-bond acceptors (Lipinski definition) is 2. The number of Topliss-reactive ketones (excluding diaryl/α,β-unsaturated/α-hetero) is 1. The van der Waals surface area contributed by atoms with Crippen LogP contribution >= 0.6 is 0 Å². The van der Waals surface area contributed by atoms with Crippen molar-refractivity contribution in [1.29, 1.82) is 0 Å². The van der Waals surface area contributed by atoms with Crippen molar-refractivity contribution in [2.24, 2.45) is 5.92 Å². The summed E-state index contributed by atoms with van der Waals surface area (Å²) in [5.41, 5.74) is 2.56. The number of carbonyl (C=O) groups is 1. The Hall–Kier alpha value is -2.09. The lowest BCUT2D eigenvalue weighted by Crippen LogP contribution is -2.02. The number of carbonyl (C=O) groups excluding carboxylic acids is 1. The Morgan fingerprint density at radius 2 is 1.78 bits per heavy atom. The summed E-state index contributed by atoms with van der Waals surface area (Å²) < 4.78 is 5.84. The fourth-order valence-electron chi connectivity index (χ4n) is 3.55. The minimum absolute atomic E-state index is 0.320. The molecule has 2 aromatic rings. The lowest BCUT2D eigenvalue weighted by molar-refractivity contribution is -0.117. The molecule has 2 atom stereocenters. The Morgan fingerprint density at radius 3 is 2.48 bits per heavy atom. The van der Waals surface area contributed by atoms with Crippen LogP contribution in [-0.2, 0) is 11.4 Å². The highest BCUT2D eigenvalue weighted by Crippen LogP contribution is 2.40. The van der Waals surface area contributed by atoms with Crippen LogP contribution in [0.25, 0.3) is 0 Å². The summed E-state index contributed by atoms with van der Waals surface area (Å²) in [7, 11) is 0. The predicted octanol–water partition coefficient (Wildman–Crippen LogP) is 5.13. The minimum atomic E-state index is 0.320. The van der Waals surface area contributed by atoms with E-state index in [-0.39, 0.29) is 0 Å². The van der Waals surface area contributed by atoms with Crippen molar-refractivity contribution in [2.75, 3.05) is 0 Å². The summed E-state index contributed by atoms with van der Waals surface area (Å²) >= 11 is 0. The summed E-state index contributed by atoms with van der Waals surface area (Å²) in [6, 6.07) is 18.7. The average molecular weight is 308 g/mol. The average Bonchev–Trinajstić information content (AvgIpc) is 3.02. The van der Waals surface area contributed by atoms with Gasteiger partial charge in [0.05, 0.1) is 0 Å². The van der Waals surface area contributed by atoms with Gasteiger partial charge in [0.1, 0.15) is 18.1 Å². The third-order valence-electron chi connectivity index (χ3n) is 4.72. The number of ether oxygens (including phenoxy) is 1. The highest BCUT2D eigenvalue weighted by atomic mass is 16.5. The van der Waals surface area contributed by atoms with Gasteiger partial charge >= 0.3 is 0 Å². The van der Waals surface area contributed by atoms with Gasteiger partial charge in [-0.25, -0.2) is 0 Å². The van der Waals surface area contributed by atoms with Crippen LogP contribution < -0.4 is 4.74 Å². The van der Waals surface area contributed by atoms with Crippen molar-refractivity contribution in [1.82, 2.24) is 0 Å². The lowest BCUT2D eigenvalue weighted by atomic mass is 9.94. The van der Waals surface area contributed by atoms with Crippen molar-refractivity contribution >= 4 is 5.78 Å². The quantitative estimate of drug-likeness (QED) is 0.739. The summed E-state index contributed by atoms with van der Waals surface area (Å²) in [5.74, 6) is 2.41. The monoisotopic (exact) mass is 308 g/mol. The molecule has 0 radical (unpaired) electrons. The maximum Gasteiger partial charge on any atom is 0.130 e. The van der Waals surface area contributed by atoms with Crippen LogP contribution in [0.5, 0.6) is 5.75 Å². The standard InChI is InChI=1S/C21H24O2/c1-16(22)13-18-7-8-20(14-18)19-9-11-21(12-10-19)23-15-17-5-3-2-4-6-17/h2-6,9-12,18,20H,7-8,13-15H2,1H3.